The maximum Gasteiger partial charge on any atom is 0.257 e. The van der Waals surface area contributed by atoms with Gasteiger partial charge in [-0.25, -0.2) is 0 Å². The summed E-state index contributed by atoms with van der Waals surface area (Å²) < 4.78 is 5.35. The maximum absolute atomic E-state index is 11.6. The Morgan fingerprint density at radius 1 is 1.23 bits per heavy atom. The lowest BCUT2D eigenvalue weighted by Gasteiger charge is -2.09. The van der Waals surface area contributed by atoms with Crippen LogP contribution < -0.4 is 10.1 Å². The zero-order valence-corrected chi connectivity index (χ0v) is 15.7. The number of nitrogens with zero attached hydrogens (tertiary/aromatic N) is 1. The van der Waals surface area contributed by atoms with Gasteiger partial charge < -0.3 is 15.0 Å². The van der Waals surface area contributed by atoms with Gasteiger partial charge in [-0.05, 0) is 26.2 Å². The van der Waals surface area contributed by atoms with Gasteiger partial charge >= 0.3 is 0 Å². The second kappa shape index (κ2) is 11.3. The molecule has 1 aromatic carbocycles. The molecule has 0 aliphatic heterocycles. The van der Waals surface area contributed by atoms with Crippen molar-refractivity contribution in [2.75, 3.05) is 45.3 Å². The Morgan fingerprint density at radius 3 is 2.64 bits per heavy atom. The van der Waals surface area contributed by atoms with Crippen LogP contribution in [0.15, 0.2) is 18.2 Å². The van der Waals surface area contributed by atoms with Gasteiger partial charge in [-0.2, -0.15) is 0 Å². The van der Waals surface area contributed by atoms with Gasteiger partial charge in [0.05, 0.1) is 10.0 Å². The molecule has 0 fully saturated rings. The lowest BCUT2D eigenvalue weighted by atomic mass is 10.3. The van der Waals surface area contributed by atoms with E-state index in [4.69, 9.17) is 27.9 Å². The van der Waals surface area contributed by atoms with Crippen LogP contribution in [0.5, 0.6) is 5.75 Å². The normalized spacial score (nSPS) is 10.8. The summed E-state index contributed by atoms with van der Waals surface area (Å²) in [6.07, 6.45) is 0. The van der Waals surface area contributed by atoms with Crippen LogP contribution in [0.25, 0.3) is 0 Å². The number of benzene rings is 1. The highest BCUT2D eigenvalue weighted by Gasteiger charge is 2.04. The number of halogens is 2. The molecule has 0 atom stereocenters. The quantitative estimate of drug-likeness (QED) is 0.495. The highest BCUT2D eigenvalue weighted by molar-refractivity contribution is 8.76. The lowest BCUT2D eigenvalue weighted by Crippen LogP contribution is -2.30. The first-order valence-corrected chi connectivity index (χ1v) is 9.97. The molecule has 0 radical (unpaired) electrons. The van der Waals surface area contributed by atoms with Gasteiger partial charge in [-0.3, -0.25) is 4.79 Å². The molecule has 8 heteroatoms. The summed E-state index contributed by atoms with van der Waals surface area (Å²) in [5.74, 6) is 2.32. The van der Waals surface area contributed by atoms with Gasteiger partial charge in [-0.15, -0.1) is 0 Å². The average molecular weight is 383 g/mol. The molecule has 1 amide bonds. The van der Waals surface area contributed by atoms with Gasteiger partial charge in [-0.1, -0.05) is 44.8 Å². The first-order valence-electron chi connectivity index (χ1n) is 6.72. The van der Waals surface area contributed by atoms with Gasteiger partial charge in [0.15, 0.2) is 6.61 Å². The Morgan fingerprint density at radius 2 is 1.95 bits per heavy atom. The fourth-order valence-electron chi connectivity index (χ4n) is 1.34. The minimum absolute atomic E-state index is 0.0313. The van der Waals surface area contributed by atoms with Crippen LogP contribution in [0.4, 0.5) is 0 Å². The SMILES string of the molecule is CN(C)CCSSCCNC(=O)COc1ccc(Cl)c(Cl)c1. The smallest absolute Gasteiger partial charge is 0.257 e. The summed E-state index contributed by atoms with van der Waals surface area (Å²) in [6, 6.07) is 4.91. The predicted octanol–water partition coefficient (Wildman–Crippen LogP) is 3.43. The van der Waals surface area contributed by atoms with Crippen LogP contribution in [-0.2, 0) is 4.79 Å². The van der Waals surface area contributed by atoms with E-state index in [1.807, 2.05) is 10.8 Å². The molecule has 124 valence electrons. The van der Waals surface area contributed by atoms with Crippen molar-refractivity contribution < 1.29 is 9.53 Å². The molecule has 0 aliphatic carbocycles. The fourth-order valence-corrected chi connectivity index (χ4v) is 3.67. The Kier molecular flexibility index (Phi) is 10.2. The number of hydrogen-bond donors (Lipinski definition) is 1. The molecule has 0 aromatic heterocycles. The summed E-state index contributed by atoms with van der Waals surface area (Å²) in [6.45, 7) is 1.65. The molecule has 0 spiro atoms. The Bertz CT molecular complexity index is 476. The zero-order valence-electron chi connectivity index (χ0n) is 12.6. The largest absolute Gasteiger partial charge is 0.484 e. The van der Waals surface area contributed by atoms with Crippen molar-refractivity contribution >= 4 is 50.7 Å². The second-order valence-corrected chi connectivity index (χ2v) is 8.18. The van der Waals surface area contributed by atoms with Gasteiger partial charge in [0, 0.05) is 30.7 Å². The Labute approximate surface area is 149 Å². The molecular formula is C14H20Cl2N2O2S2. The molecule has 0 saturated carbocycles. The van der Waals surface area contributed by atoms with Gasteiger partial charge in [0.1, 0.15) is 5.75 Å². The van der Waals surface area contributed by atoms with Crippen LogP contribution >= 0.6 is 44.8 Å². The molecule has 0 saturated heterocycles. The third kappa shape index (κ3) is 9.00. The van der Waals surface area contributed by atoms with E-state index >= 15 is 0 Å². The van der Waals surface area contributed by atoms with Crippen molar-refractivity contribution in [2.24, 2.45) is 0 Å². The molecular weight excluding hydrogens is 363 g/mol. The summed E-state index contributed by atoms with van der Waals surface area (Å²) in [4.78, 5) is 13.8. The van der Waals surface area contributed by atoms with Crippen molar-refractivity contribution in [1.29, 1.82) is 0 Å². The second-order valence-electron chi connectivity index (χ2n) is 4.66. The third-order valence-electron chi connectivity index (χ3n) is 2.47. The molecule has 0 aliphatic rings. The van der Waals surface area contributed by atoms with Crippen LogP contribution in [-0.4, -0.2) is 56.1 Å². The highest BCUT2D eigenvalue weighted by atomic mass is 35.5. The van der Waals surface area contributed by atoms with Crippen LogP contribution in [0.3, 0.4) is 0 Å². The van der Waals surface area contributed by atoms with E-state index in [9.17, 15) is 4.79 Å². The average Bonchev–Trinajstić information content (AvgIpc) is 2.47. The summed E-state index contributed by atoms with van der Waals surface area (Å²) in [5.41, 5.74) is 0. The molecule has 4 nitrogen and oxygen atoms in total. The number of amides is 1. The Balaban J connectivity index is 2.07. The number of ether oxygens (including phenoxy) is 1. The number of hydrogen-bond acceptors (Lipinski definition) is 5. The highest BCUT2D eigenvalue weighted by Crippen LogP contribution is 2.26. The molecule has 0 bridgehead atoms. The van der Waals surface area contributed by atoms with E-state index in [0.717, 1.165) is 18.1 Å². The van der Waals surface area contributed by atoms with E-state index in [-0.39, 0.29) is 12.5 Å². The summed E-state index contributed by atoms with van der Waals surface area (Å²) in [5, 5.41) is 3.68. The summed E-state index contributed by atoms with van der Waals surface area (Å²) >= 11 is 11.7. The number of rotatable bonds is 10. The van der Waals surface area contributed by atoms with Gasteiger partial charge in [0.25, 0.3) is 5.91 Å². The Hall–Kier alpha value is -0.270. The van der Waals surface area contributed by atoms with E-state index < -0.39 is 0 Å². The maximum atomic E-state index is 11.6. The monoisotopic (exact) mass is 382 g/mol. The lowest BCUT2D eigenvalue weighted by molar-refractivity contribution is -0.122. The van der Waals surface area contributed by atoms with Crippen molar-refractivity contribution in [1.82, 2.24) is 10.2 Å². The molecule has 0 unspecified atom stereocenters. The predicted molar refractivity (Wildman–Crippen MR) is 98.4 cm³/mol. The van der Waals surface area contributed by atoms with E-state index in [1.54, 1.807) is 29.0 Å². The van der Waals surface area contributed by atoms with Crippen molar-refractivity contribution in [3.05, 3.63) is 28.2 Å². The van der Waals surface area contributed by atoms with Crippen molar-refractivity contribution in [2.45, 2.75) is 0 Å². The standard InChI is InChI=1S/C14H20Cl2N2O2S2/c1-18(2)6-8-22-21-7-5-17-14(19)10-20-11-3-4-12(15)13(16)9-11/h3-4,9H,5-8,10H2,1-2H3,(H,17,19). The molecule has 1 rings (SSSR count). The minimum Gasteiger partial charge on any atom is -0.484 e. The van der Waals surface area contributed by atoms with E-state index in [2.05, 4.69) is 24.3 Å². The molecule has 0 heterocycles. The number of nitrogens with one attached hydrogen (secondary N) is 1. The number of carbonyl (C=O) groups is 1. The zero-order chi connectivity index (χ0) is 16.4. The molecule has 22 heavy (non-hydrogen) atoms. The first kappa shape index (κ1) is 19.8. The fraction of sp³-hybridized carbons (Fsp3) is 0.500. The van der Waals surface area contributed by atoms with Gasteiger partial charge in [0.2, 0.25) is 0 Å². The topological polar surface area (TPSA) is 41.6 Å². The van der Waals surface area contributed by atoms with Crippen LogP contribution in [0, 0.1) is 0 Å². The van der Waals surface area contributed by atoms with Crippen molar-refractivity contribution in [3.8, 4) is 5.75 Å². The van der Waals surface area contributed by atoms with E-state index in [0.29, 0.717) is 22.3 Å². The van der Waals surface area contributed by atoms with E-state index in [1.165, 1.54) is 0 Å². The van der Waals surface area contributed by atoms with Crippen LogP contribution in [0.1, 0.15) is 0 Å². The minimum atomic E-state index is -0.148. The van der Waals surface area contributed by atoms with Crippen molar-refractivity contribution in [3.63, 3.8) is 0 Å². The molecule has 1 aromatic rings. The summed E-state index contributed by atoms with van der Waals surface area (Å²) in [7, 11) is 7.68. The van der Waals surface area contributed by atoms with Crippen LogP contribution in [0.2, 0.25) is 10.0 Å². The number of carbonyl (C=O) groups excluding carboxylic acids is 1. The third-order valence-corrected chi connectivity index (χ3v) is 5.60. The molecule has 1 N–H and O–H groups in total. The first-order chi connectivity index (χ1) is 10.5.